The van der Waals surface area contributed by atoms with Crippen molar-refractivity contribution in [1.29, 1.82) is 0 Å². The maximum absolute atomic E-state index is 11.3. The molecule has 0 radical (unpaired) electrons. The molecule has 1 aromatic rings. The van der Waals surface area contributed by atoms with E-state index >= 15 is 0 Å². The molecule has 0 saturated heterocycles. The molecule has 92 valence electrons. The largest absolute Gasteiger partial charge is 0.298 e. The van der Waals surface area contributed by atoms with Gasteiger partial charge in [0.2, 0.25) is 0 Å². The van der Waals surface area contributed by atoms with Gasteiger partial charge in [-0.2, -0.15) is 0 Å². The maximum Gasteiger partial charge on any atom is 0.149 e. The Morgan fingerprint density at radius 3 is 2.00 bits per heavy atom. The number of benzene rings is 1. The highest BCUT2D eigenvalue weighted by atomic mass is 28.3. The Morgan fingerprint density at radius 1 is 1.06 bits per heavy atom. The normalized spacial score (nSPS) is 12.5. The third kappa shape index (κ3) is 3.40. The minimum Gasteiger partial charge on any atom is -0.298 e. The van der Waals surface area contributed by atoms with Crippen molar-refractivity contribution in [2.45, 2.75) is 38.9 Å². The number of aldehydes is 1. The first-order valence-electron chi connectivity index (χ1n) is 6.44. The number of allylic oxidation sites excluding steroid dienone is 1. The molecule has 2 heteroatoms. The fourth-order valence-corrected chi connectivity index (χ4v) is 5.21. The van der Waals surface area contributed by atoms with E-state index < -0.39 is 8.07 Å². The number of rotatable bonds is 6. The Bertz CT molecular complexity index is 369. The fraction of sp³-hybridized carbons (Fsp3) is 0.400. The summed E-state index contributed by atoms with van der Waals surface area (Å²) in [4.78, 5) is 11.3. The van der Waals surface area contributed by atoms with Crippen LogP contribution in [0.3, 0.4) is 0 Å². The number of hydrogen-bond acceptors (Lipinski definition) is 1. The first-order chi connectivity index (χ1) is 8.21. The van der Waals surface area contributed by atoms with E-state index in [1.54, 1.807) is 0 Å². The molecule has 0 aromatic heterocycles. The fourth-order valence-electron chi connectivity index (χ4n) is 2.20. The van der Waals surface area contributed by atoms with E-state index in [-0.39, 0.29) is 0 Å². The second-order valence-corrected chi connectivity index (χ2v) is 9.64. The zero-order valence-corrected chi connectivity index (χ0v) is 12.1. The Labute approximate surface area is 106 Å². The van der Waals surface area contributed by atoms with Crippen LogP contribution in [0.5, 0.6) is 0 Å². The molecular formula is C15H22OSi. The molecule has 0 aliphatic rings. The molecule has 0 unspecified atom stereocenters. The second kappa shape index (κ2) is 6.55. The number of carbonyl (C=O) groups excluding carboxylic acids is 1. The summed E-state index contributed by atoms with van der Waals surface area (Å²) in [5.41, 5.74) is 4.23. The molecule has 0 spiro atoms. The van der Waals surface area contributed by atoms with E-state index in [2.05, 4.69) is 26.5 Å². The molecule has 0 atom stereocenters. The van der Waals surface area contributed by atoms with Crippen LogP contribution in [0.1, 0.15) is 26.3 Å². The summed E-state index contributed by atoms with van der Waals surface area (Å²) >= 11 is 0. The monoisotopic (exact) mass is 246 g/mol. The Kier molecular flexibility index (Phi) is 5.36. The van der Waals surface area contributed by atoms with Crippen LogP contribution in [0, 0.1) is 0 Å². The van der Waals surface area contributed by atoms with Crippen LogP contribution in [0.2, 0.25) is 18.1 Å². The molecule has 0 heterocycles. The molecule has 1 aromatic carbocycles. The van der Waals surface area contributed by atoms with Crippen molar-refractivity contribution < 1.29 is 4.79 Å². The SMILES string of the molecule is CC[Si](C=C(C=O)c1ccccc1)(CC)CC. The van der Waals surface area contributed by atoms with Crippen molar-refractivity contribution in [2.24, 2.45) is 0 Å². The summed E-state index contributed by atoms with van der Waals surface area (Å²) in [6.45, 7) is 6.76. The molecular weight excluding hydrogens is 224 g/mol. The van der Waals surface area contributed by atoms with Gasteiger partial charge in [0.25, 0.3) is 0 Å². The highest BCUT2D eigenvalue weighted by Crippen LogP contribution is 2.25. The van der Waals surface area contributed by atoms with Gasteiger partial charge in [0.05, 0.1) is 8.07 Å². The van der Waals surface area contributed by atoms with Crippen LogP contribution in [-0.4, -0.2) is 14.4 Å². The van der Waals surface area contributed by atoms with E-state index in [4.69, 9.17) is 0 Å². The standard InChI is InChI=1S/C15H22OSi/c1-4-17(5-2,6-3)13-15(12-16)14-10-8-7-9-11-14/h7-13H,4-6H2,1-3H3. The minimum atomic E-state index is -1.38. The van der Waals surface area contributed by atoms with E-state index in [0.717, 1.165) is 17.4 Å². The third-order valence-electron chi connectivity index (χ3n) is 3.81. The van der Waals surface area contributed by atoms with Crippen LogP contribution >= 0.6 is 0 Å². The van der Waals surface area contributed by atoms with E-state index in [1.807, 2.05) is 30.3 Å². The van der Waals surface area contributed by atoms with Gasteiger partial charge < -0.3 is 0 Å². The predicted molar refractivity (Wildman–Crippen MR) is 77.7 cm³/mol. The second-order valence-electron chi connectivity index (χ2n) is 4.51. The van der Waals surface area contributed by atoms with Gasteiger partial charge in [-0.1, -0.05) is 74.9 Å². The van der Waals surface area contributed by atoms with Crippen molar-refractivity contribution in [3.63, 3.8) is 0 Å². The number of carbonyl (C=O) groups is 1. The molecule has 0 amide bonds. The number of hydrogen-bond donors (Lipinski definition) is 0. The van der Waals surface area contributed by atoms with Crippen LogP contribution in [0.25, 0.3) is 5.57 Å². The van der Waals surface area contributed by atoms with Gasteiger partial charge in [-0.05, 0) is 5.56 Å². The van der Waals surface area contributed by atoms with E-state index in [1.165, 1.54) is 18.1 Å². The molecule has 1 nitrogen and oxygen atoms in total. The van der Waals surface area contributed by atoms with Gasteiger partial charge in [-0.3, -0.25) is 4.79 Å². The summed E-state index contributed by atoms with van der Waals surface area (Å²) < 4.78 is 0. The van der Waals surface area contributed by atoms with Gasteiger partial charge in [-0.25, -0.2) is 0 Å². The summed E-state index contributed by atoms with van der Waals surface area (Å²) in [7, 11) is -1.38. The van der Waals surface area contributed by atoms with Gasteiger partial charge >= 0.3 is 0 Å². The van der Waals surface area contributed by atoms with Gasteiger partial charge in [0, 0.05) is 5.57 Å². The summed E-state index contributed by atoms with van der Waals surface area (Å²) in [6.07, 6.45) is 1.01. The lowest BCUT2D eigenvalue weighted by Gasteiger charge is -2.24. The van der Waals surface area contributed by atoms with Crippen LogP contribution in [-0.2, 0) is 4.79 Å². The molecule has 0 fully saturated rings. The Balaban J connectivity index is 3.13. The van der Waals surface area contributed by atoms with Crippen LogP contribution in [0.15, 0.2) is 36.0 Å². The van der Waals surface area contributed by atoms with Crippen molar-refractivity contribution in [3.8, 4) is 0 Å². The maximum atomic E-state index is 11.3. The Hall–Kier alpha value is -1.15. The van der Waals surface area contributed by atoms with Crippen molar-refractivity contribution in [3.05, 3.63) is 41.6 Å². The zero-order chi connectivity index (χ0) is 12.7. The average Bonchev–Trinajstić information content (AvgIpc) is 2.42. The van der Waals surface area contributed by atoms with E-state index in [0.29, 0.717) is 0 Å². The molecule has 0 saturated carbocycles. The molecule has 17 heavy (non-hydrogen) atoms. The van der Waals surface area contributed by atoms with Crippen molar-refractivity contribution >= 4 is 19.9 Å². The molecule has 0 N–H and O–H groups in total. The van der Waals surface area contributed by atoms with Crippen molar-refractivity contribution in [2.75, 3.05) is 0 Å². The molecule has 0 aliphatic heterocycles. The van der Waals surface area contributed by atoms with Crippen LogP contribution in [0.4, 0.5) is 0 Å². The molecule has 1 rings (SSSR count). The first kappa shape index (κ1) is 13.9. The lowest BCUT2D eigenvalue weighted by Crippen LogP contribution is -2.29. The summed E-state index contributed by atoms with van der Waals surface area (Å²) in [5, 5.41) is 0. The highest BCUT2D eigenvalue weighted by Gasteiger charge is 2.24. The lowest BCUT2D eigenvalue weighted by atomic mass is 10.1. The van der Waals surface area contributed by atoms with Gasteiger partial charge in [-0.15, -0.1) is 0 Å². The third-order valence-corrected chi connectivity index (χ3v) is 8.96. The van der Waals surface area contributed by atoms with Gasteiger partial charge in [0.1, 0.15) is 6.29 Å². The average molecular weight is 246 g/mol. The first-order valence-corrected chi connectivity index (χ1v) is 9.14. The van der Waals surface area contributed by atoms with Crippen molar-refractivity contribution in [1.82, 2.24) is 0 Å². The molecule has 0 aliphatic carbocycles. The smallest absolute Gasteiger partial charge is 0.149 e. The Morgan fingerprint density at radius 2 is 1.59 bits per heavy atom. The quantitative estimate of drug-likeness (QED) is 0.415. The summed E-state index contributed by atoms with van der Waals surface area (Å²) in [6, 6.07) is 13.6. The van der Waals surface area contributed by atoms with Gasteiger partial charge in [0.15, 0.2) is 0 Å². The minimum absolute atomic E-state index is 0.878. The van der Waals surface area contributed by atoms with Crippen LogP contribution < -0.4 is 0 Å². The molecule has 0 bridgehead atoms. The highest BCUT2D eigenvalue weighted by molar-refractivity contribution is 6.85. The topological polar surface area (TPSA) is 17.1 Å². The summed E-state index contributed by atoms with van der Waals surface area (Å²) in [5.74, 6) is 0. The van der Waals surface area contributed by atoms with E-state index in [9.17, 15) is 4.79 Å². The predicted octanol–water partition coefficient (Wildman–Crippen LogP) is 4.32. The zero-order valence-electron chi connectivity index (χ0n) is 11.1. The lowest BCUT2D eigenvalue weighted by molar-refractivity contribution is -0.103.